The van der Waals surface area contributed by atoms with Crippen molar-refractivity contribution in [1.82, 2.24) is 9.47 Å². The van der Waals surface area contributed by atoms with E-state index in [1.807, 2.05) is 0 Å². The molecule has 0 fully saturated rings. The van der Waals surface area contributed by atoms with Crippen LogP contribution in [-0.2, 0) is 20.0 Å². The second-order valence-corrected chi connectivity index (χ2v) is 7.14. The van der Waals surface area contributed by atoms with Gasteiger partial charge in [0.05, 0.1) is 6.04 Å². The van der Waals surface area contributed by atoms with Gasteiger partial charge in [-0.2, -0.15) is 0 Å². The smallest absolute Gasteiger partial charge is 0.0547 e. The molecule has 24 heavy (non-hydrogen) atoms. The van der Waals surface area contributed by atoms with E-state index >= 15 is 0 Å². The van der Waals surface area contributed by atoms with Crippen LogP contribution >= 0.6 is 0 Å². The van der Waals surface area contributed by atoms with E-state index in [1.165, 1.54) is 33.3 Å². The Morgan fingerprint density at radius 1 is 1.04 bits per heavy atom. The number of benzene rings is 2. The number of rotatable bonds is 0. The lowest BCUT2D eigenvalue weighted by Gasteiger charge is -2.35. The number of aromatic nitrogens is 1. The summed E-state index contributed by atoms with van der Waals surface area (Å²) >= 11 is 0. The van der Waals surface area contributed by atoms with E-state index in [4.69, 9.17) is 0 Å². The molecule has 2 heteroatoms. The molecular weight excluding hydrogens is 292 g/mol. The van der Waals surface area contributed by atoms with Gasteiger partial charge in [0.2, 0.25) is 0 Å². The Kier molecular flexibility index (Phi) is 2.98. The van der Waals surface area contributed by atoms with E-state index in [2.05, 4.69) is 71.6 Å². The molecule has 0 saturated heterocycles. The average Bonchev–Trinajstić information content (AvgIpc) is 2.81. The van der Waals surface area contributed by atoms with Crippen LogP contribution in [0, 0.1) is 0 Å². The van der Waals surface area contributed by atoms with Crippen molar-refractivity contribution in [3.63, 3.8) is 0 Å². The predicted molar refractivity (Wildman–Crippen MR) is 99.9 cm³/mol. The summed E-state index contributed by atoms with van der Waals surface area (Å²) in [5.41, 5.74) is 8.46. The van der Waals surface area contributed by atoms with E-state index in [9.17, 15) is 0 Å². The fourth-order valence-electron chi connectivity index (χ4n) is 4.74. The lowest BCUT2D eigenvalue weighted by molar-refractivity contribution is 0.176. The molecule has 1 aromatic heterocycles. The van der Waals surface area contributed by atoms with Gasteiger partial charge in [-0.1, -0.05) is 49.0 Å². The molecule has 3 heterocycles. The van der Waals surface area contributed by atoms with Crippen LogP contribution in [0.2, 0.25) is 0 Å². The molecule has 1 unspecified atom stereocenters. The van der Waals surface area contributed by atoms with E-state index in [-0.39, 0.29) is 0 Å². The molecule has 0 spiro atoms. The van der Waals surface area contributed by atoms with Crippen molar-refractivity contribution in [2.45, 2.75) is 25.4 Å². The highest BCUT2D eigenvalue weighted by atomic mass is 15.2. The first-order valence-corrected chi connectivity index (χ1v) is 8.80. The highest BCUT2D eigenvalue weighted by molar-refractivity contribution is 5.86. The highest BCUT2D eigenvalue weighted by Crippen LogP contribution is 2.43. The largest absolute Gasteiger partial charge is 0.346 e. The van der Waals surface area contributed by atoms with E-state index in [0.29, 0.717) is 6.04 Å². The number of nitrogens with zero attached hydrogens (tertiary/aromatic N) is 2. The van der Waals surface area contributed by atoms with Gasteiger partial charge in [-0.15, -0.1) is 0 Å². The maximum atomic E-state index is 4.43. The molecule has 2 nitrogen and oxygen atoms in total. The van der Waals surface area contributed by atoms with Crippen LogP contribution < -0.4 is 0 Å². The van der Waals surface area contributed by atoms with Crippen LogP contribution in [0.15, 0.2) is 55.1 Å². The summed E-state index contributed by atoms with van der Waals surface area (Å²) in [7, 11) is 2.23. The number of para-hydroxylation sites is 1. The summed E-state index contributed by atoms with van der Waals surface area (Å²) in [6.07, 6.45) is 2.16. The summed E-state index contributed by atoms with van der Waals surface area (Å²) in [6.45, 7) is 6.59. The minimum absolute atomic E-state index is 0.436. The van der Waals surface area contributed by atoms with Crippen molar-refractivity contribution < 1.29 is 0 Å². The Balaban J connectivity index is 1.69. The minimum Gasteiger partial charge on any atom is -0.346 e. The van der Waals surface area contributed by atoms with E-state index in [0.717, 1.165) is 25.9 Å². The Morgan fingerprint density at radius 2 is 1.83 bits per heavy atom. The molecular formula is C22H22N2. The molecule has 0 amide bonds. The van der Waals surface area contributed by atoms with Gasteiger partial charge < -0.3 is 4.57 Å². The molecule has 120 valence electrons. The minimum atomic E-state index is 0.436. The topological polar surface area (TPSA) is 8.17 Å². The van der Waals surface area contributed by atoms with Gasteiger partial charge >= 0.3 is 0 Å². The first kappa shape index (κ1) is 14.1. The van der Waals surface area contributed by atoms with Crippen LogP contribution in [0.25, 0.3) is 16.5 Å². The second kappa shape index (κ2) is 5.09. The zero-order valence-corrected chi connectivity index (χ0v) is 14.1. The third kappa shape index (κ3) is 1.87. The molecule has 0 N–H and O–H groups in total. The lowest BCUT2D eigenvalue weighted by atomic mass is 9.92. The van der Waals surface area contributed by atoms with Crippen molar-refractivity contribution in [1.29, 1.82) is 0 Å². The third-order valence-corrected chi connectivity index (χ3v) is 5.88. The Morgan fingerprint density at radius 3 is 2.75 bits per heavy atom. The summed E-state index contributed by atoms with van der Waals surface area (Å²) in [6, 6.07) is 18.1. The van der Waals surface area contributed by atoms with Crippen LogP contribution in [0.1, 0.15) is 34.8 Å². The van der Waals surface area contributed by atoms with Gasteiger partial charge in [0.25, 0.3) is 0 Å². The number of aryl methyl sites for hydroxylation is 1. The van der Waals surface area contributed by atoms with Gasteiger partial charge in [0, 0.05) is 36.7 Å². The van der Waals surface area contributed by atoms with Gasteiger partial charge in [-0.25, -0.2) is 0 Å². The SMILES string of the molecule is C=C1CC2c3c(c4ccccc4n3C)CCN2Cc2ccccc21. The van der Waals surface area contributed by atoms with Gasteiger partial charge in [0.15, 0.2) is 0 Å². The maximum Gasteiger partial charge on any atom is 0.0547 e. The fourth-order valence-corrected chi connectivity index (χ4v) is 4.74. The van der Waals surface area contributed by atoms with Gasteiger partial charge in [-0.3, -0.25) is 4.90 Å². The Labute approximate surface area is 143 Å². The van der Waals surface area contributed by atoms with Crippen molar-refractivity contribution in [2.24, 2.45) is 7.05 Å². The first-order valence-electron chi connectivity index (χ1n) is 8.80. The third-order valence-electron chi connectivity index (χ3n) is 5.88. The summed E-state index contributed by atoms with van der Waals surface area (Å²) in [5, 5.41) is 1.43. The van der Waals surface area contributed by atoms with E-state index < -0.39 is 0 Å². The van der Waals surface area contributed by atoms with Crippen molar-refractivity contribution in [3.05, 3.63) is 77.5 Å². The standard InChI is InChI=1S/C22H22N2/c1-15-13-21-22-19(18-9-5-6-10-20(18)23(22)2)11-12-24(21)14-16-7-3-4-8-17(15)16/h3-10,21H,1,11-14H2,2H3. The fraction of sp³-hybridized carbons (Fsp3) is 0.273. The quantitative estimate of drug-likeness (QED) is 0.584. The molecule has 0 aliphatic carbocycles. The second-order valence-electron chi connectivity index (χ2n) is 7.14. The van der Waals surface area contributed by atoms with Gasteiger partial charge in [-0.05, 0) is 41.2 Å². The number of fused-ring (bicyclic) bond motifs is 6. The zero-order chi connectivity index (χ0) is 16.3. The zero-order valence-electron chi connectivity index (χ0n) is 14.1. The molecule has 1 atom stereocenters. The van der Waals surface area contributed by atoms with Crippen LogP contribution in [0.3, 0.4) is 0 Å². The first-order chi connectivity index (χ1) is 11.7. The van der Waals surface area contributed by atoms with Crippen LogP contribution in [0.4, 0.5) is 0 Å². The lowest BCUT2D eigenvalue weighted by Crippen LogP contribution is -2.35. The van der Waals surface area contributed by atoms with E-state index in [1.54, 1.807) is 5.56 Å². The van der Waals surface area contributed by atoms with Crippen molar-refractivity contribution in [3.8, 4) is 0 Å². The predicted octanol–water partition coefficient (Wildman–Crippen LogP) is 4.69. The van der Waals surface area contributed by atoms with Gasteiger partial charge in [0.1, 0.15) is 0 Å². The molecule has 0 saturated carbocycles. The van der Waals surface area contributed by atoms with Crippen LogP contribution in [0.5, 0.6) is 0 Å². The van der Waals surface area contributed by atoms with Crippen molar-refractivity contribution in [2.75, 3.05) is 6.54 Å². The normalized spacial score (nSPS) is 20.4. The molecule has 5 rings (SSSR count). The Bertz CT molecular complexity index is 963. The summed E-state index contributed by atoms with van der Waals surface area (Å²) in [4.78, 5) is 2.65. The molecule has 2 aliphatic heterocycles. The number of hydrogen-bond donors (Lipinski definition) is 0. The monoisotopic (exact) mass is 314 g/mol. The Hall–Kier alpha value is -2.32. The molecule has 2 aromatic carbocycles. The molecule has 3 aromatic rings. The summed E-state index contributed by atoms with van der Waals surface area (Å²) < 4.78 is 2.42. The maximum absolute atomic E-state index is 4.43. The highest BCUT2D eigenvalue weighted by Gasteiger charge is 2.34. The molecule has 0 bridgehead atoms. The average molecular weight is 314 g/mol. The van der Waals surface area contributed by atoms with Crippen LogP contribution in [-0.4, -0.2) is 16.0 Å². The number of hydrogen-bond acceptors (Lipinski definition) is 1. The van der Waals surface area contributed by atoms with Crippen molar-refractivity contribution >= 4 is 16.5 Å². The summed E-state index contributed by atoms with van der Waals surface area (Å²) in [5.74, 6) is 0. The molecule has 0 radical (unpaired) electrons. The molecule has 2 aliphatic rings.